The molecule has 1 fully saturated rings. The number of aliphatic hydroxyl groups is 1. The Labute approximate surface area is 219 Å². The fourth-order valence-electron chi connectivity index (χ4n) is 4.62. The number of anilines is 1. The lowest BCUT2D eigenvalue weighted by Crippen LogP contribution is -2.32. The second-order valence-corrected chi connectivity index (χ2v) is 9.30. The first-order chi connectivity index (χ1) is 18.5. The van der Waals surface area contributed by atoms with E-state index < -0.39 is 12.3 Å². The van der Waals surface area contributed by atoms with Crippen LogP contribution in [0.4, 0.5) is 5.69 Å². The molecule has 0 saturated carbocycles. The van der Waals surface area contributed by atoms with Crippen molar-refractivity contribution in [2.75, 3.05) is 5.32 Å². The van der Waals surface area contributed by atoms with Crippen molar-refractivity contribution in [1.82, 2.24) is 9.55 Å². The molecule has 1 aromatic heterocycles. The first-order valence-corrected chi connectivity index (χ1v) is 12.5. The quantitative estimate of drug-likeness (QED) is 0.298. The highest BCUT2D eigenvalue weighted by atomic mass is 16.7. The van der Waals surface area contributed by atoms with Crippen molar-refractivity contribution in [3.8, 4) is 0 Å². The Morgan fingerprint density at radius 3 is 2.58 bits per heavy atom. The SMILES string of the molecule is O=C(O)CCC(=O)Nc1cccc(C2OC(Cn3cnc4ccccc43)CC(c3ccc(CO)cc3)O2)c1. The second-order valence-electron chi connectivity index (χ2n) is 9.30. The van der Waals surface area contributed by atoms with Crippen molar-refractivity contribution in [1.29, 1.82) is 0 Å². The number of amides is 1. The molecule has 0 spiro atoms. The van der Waals surface area contributed by atoms with Gasteiger partial charge in [0.25, 0.3) is 0 Å². The van der Waals surface area contributed by atoms with E-state index in [1.807, 2.05) is 60.9 Å². The molecule has 4 aromatic rings. The number of fused-ring (bicyclic) bond motifs is 1. The number of para-hydroxylation sites is 2. The van der Waals surface area contributed by atoms with E-state index >= 15 is 0 Å². The van der Waals surface area contributed by atoms with E-state index in [0.29, 0.717) is 18.7 Å². The van der Waals surface area contributed by atoms with Crippen LogP contribution in [0.1, 0.15) is 48.3 Å². The Bertz CT molecular complexity index is 1420. The number of benzene rings is 3. The number of ether oxygens (including phenoxy) is 2. The number of carbonyl (C=O) groups excluding carboxylic acids is 1. The molecule has 0 radical (unpaired) electrons. The summed E-state index contributed by atoms with van der Waals surface area (Å²) >= 11 is 0. The van der Waals surface area contributed by atoms with Crippen LogP contribution in [0.15, 0.2) is 79.1 Å². The van der Waals surface area contributed by atoms with Gasteiger partial charge in [0.05, 0.1) is 49.1 Å². The predicted molar refractivity (Wildman–Crippen MR) is 140 cm³/mol. The van der Waals surface area contributed by atoms with Crippen LogP contribution >= 0.6 is 0 Å². The van der Waals surface area contributed by atoms with Gasteiger partial charge in [0.2, 0.25) is 5.91 Å². The summed E-state index contributed by atoms with van der Waals surface area (Å²) in [5.74, 6) is -1.39. The Hall–Kier alpha value is -4.05. The van der Waals surface area contributed by atoms with Crippen LogP contribution in [-0.2, 0) is 32.2 Å². The van der Waals surface area contributed by atoms with Crippen LogP contribution in [0.5, 0.6) is 0 Å². The summed E-state index contributed by atoms with van der Waals surface area (Å²) in [5, 5.41) is 21.0. The molecule has 5 rings (SSSR count). The number of carbonyl (C=O) groups is 2. The summed E-state index contributed by atoms with van der Waals surface area (Å²) < 4.78 is 14.9. The van der Waals surface area contributed by atoms with Gasteiger partial charge in [-0.25, -0.2) is 4.98 Å². The van der Waals surface area contributed by atoms with Gasteiger partial charge in [-0.1, -0.05) is 48.5 Å². The summed E-state index contributed by atoms with van der Waals surface area (Å²) in [7, 11) is 0. The van der Waals surface area contributed by atoms with E-state index in [0.717, 1.165) is 27.7 Å². The van der Waals surface area contributed by atoms with Gasteiger partial charge >= 0.3 is 5.97 Å². The standard InChI is InChI=1S/C29H29N3O6/c33-17-19-8-10-20(11-9-19)26-15-23(16-32-18-30-24-6-1-2-7-25(24)32)37-29(38-26)21-4-3-5-22(14-21)31-27(34)12-13-28(35)36/h1-11,14,18,23,26,29,33H,12-13,15-17H2,(H,31,34)(H,35,36). The third kappa shape index (κ3) is 6.08. The number of rotatable bonds is 9. The van der Waals surface area contributed by atoms with Crippen LogP contribution in [0.25, 0.3) is 11.0 Å². The molecule has 1 saturated heterocycles. The van der Waals surface area contributed by atoms with Crippen LogP contribution in [0.2, 0.25) is 0 Å². The van der Waals surface area contributed by atoms with Crippen molar-refractivity contribution in [3.63, 3.8) is 0 Å². The van der Waals surface area contributed by atoms with Crippen molar-refractivity contribution in [2.45, 2.75) is 50.9 Å². The van der Waals surface area contributed by atoms with Crippen LogP contribution in [0.3, 0.4) is 0 Å². The zero-order valence-electron chi connectivity index (χ0n) is 20.7. The van der Waals surface area contributed by atoms with Crippen molar-refractivity contribution in [2.24, 2.45) is 0 Å². The van der Waals surface area contributed by atoms with E-state index in [1.165, 1.54) is 0 Å². The number of aromatic nitrogens is 2. The maximum absolute atomic E-state index is 12.2. The van der Waals surface area contributed by atoms with Gasteiger partial charge in [-0.2, -0.15) is 0 Å². The molecule has 196 valence electrons. The molecule has 2 heterocycles. The minimum Gasteiger partial charge on any atom is -0.481 e. The van der Waals surface area contributed by atoms with E-state index in [1.54, 1.807) is 18.2 Å². The van der Waals surface area contributed by atoms with Crippen LogP contribution in [0, 0.1) is 0 Å². The minimum atomic E-state index is -1.02. The molecule has 1 aliphatic heterocycles. The first-order valence-electron chi connectivity index (χ1n) is 12.5. The topological polar surface area (TPSA) is 123 Å². The van der Waals surface area contributed by atoms with Crippen molar-refractivity contribution < 1.29 is 29.3 Å². The Kier molecular flexibility index (Phi) is 7.78. The highest BCUT2D eigenvalue weighted by Crippen LogP contribution is 2.39. The Morgan fingerprint density at radius 2 is 1.79 bits per heavy atom. The number of nitrogens with zero attached hydrogens (tertiary/aromatic N) is 2. The molecule has 3 unspecified atom stereocenters. The lowest BCUT2D eigenvalue weighted by Gasteiger charge is -2.36. The Balaban J connectivity index is 1.38. The van der Waals surface area contributed by atoms with E-state index in [4.69, 9.17) is 14.6 Å². The minimum absolute atomic E-state index is 0.0289. The van der Waals surface area contributed by atoms with E-state index in [-0.39, 0.29) is 37.6 Å². The van der Waals surface area contributed by atoms with Gasteiger partial charge in [0, 0.05) is 24.1 Å². The van der Waals surface area contributed by atoms with E-state index in [9.17, 15) is 14.7 Å². The monoisotopic (exact) mass is 515 g/mol. The number of nitrogens with one attached hydrogen (secondary N) is 1. The molecule has 9 heteroatoms. The van der Waals surface area contributed by atoms with Crippen LogP contribution < -0.4 is 5.32 Å². The summed E-state index contributed by atoms with van der Waals surface area (Å²) in [6.45, 7) is 0.552. The van der Waals surface area contributed by atoms with Crippen molar-refractivity contribution in [3.05, 3.63) is 95.8 Å². The van der Waals surface area contributed by atoms with Gasteiger partial charge in [-0.05, 0) is 35.4 Å². The van der Waals surface area contributed by atoms with Crippen molar-refractivity contribution >= 4 is 28.6 Å². The maximum atomic E-state index is 12.2. The van der Waals surface area contributed by atoms with Gasteiger partial charge in [-0.3, -0.25) is 9.59 Å². The average molecular weight is 516 g/mol. The first kappa shape index (κ1) is 25.6. The van der Waals surface area contributed by atoms with E-state index in [2.05, 4.69) is 14.9 Å². The molecule has 9 nitrogen and oxygen atoms in total. The summed E-state index contributed by atoms with van der Waals surface area (Å²) in [6, 6.07) is 22.8. The largest absolute Gasteiger partial charge is 0.481 e. The molecule has 38 heavy (non-hydrogen) atoms. The molecule has 3 N–H and O–H groups in total. The fraction of sp³-hybridized carbons (Fsp3) is 0.276. The third-order valence-electron chi connectivity index (χ3n) is 6.55. The highest BCUT2D eigenvalue weighted by molar-refractivity contribution is 5.92. The number of carboxylic acids is 1. The highest BCUT2D eigenvalue weighted by Gasteiger charge is 2.32. The molecular formula is C29H29N3O6. The Morgan fingerprint density at radius 1 is 0.974 bits per heavy atom. The fourth-order valence-corrected chi connectivity index (χ4v) is 4.62. The summed E-state index contributed by atoms with van der Waals surface area (Å²) in [6.07, 6.45) is 0.953. The molecule has 1 amide bonds. The van der Waals surface area contributed by atoms with Gasteiger partial charge in [0.15, 0.2) is 6.29 Å². The molecule has 3 aromatic carbocycles. The second kappa shape index (κ2) is 11.6. The average Bonchev–Trinajstić information content (AvgIpc) is 3.34. The zero-order chi connectivity index (χ0) is 26.5. The van der Waals surface area contributed by atoms with Crippen LogP contribution in [-0.4, -0.2) is 37.7 Å². The zero-order valence-corrected chi connectivity index (χ0v) is 20.7. The molecule has 0 bridgehead atoms. The lowest BCUT2D eigenvalue weighted by molar-refractivity contribution is -0.252. The normalized spacial score (nSPS) is 19.3. The molecule has 3 atom stereocenters. The predicted octanol–water partition coefficient (Wildman–Crippen LogP) is 4.58. The lowest BCUT2D eigenvalue weighted by atomic mass is 10.00. The maximum Gasteiger partial charge on any atom is 0.303 e. The molecule has 1 aliphatic rings. The smallest absolute Gasteiger partial charge is 0.303 e. The molecular weight excluding hydrogens is 486 g/mol. The van der Waals surface area contributed by atoms with Gasteiger partial charge in [-0.15, -0.1) is 0 Å². The summed E-state index contributed by atoms with van der Waals surface area (Å²) in [5.41, 5.74) is 5.02. The third-order valence-corrected chi connectivity index (χ3v) is 6.55. The number of imidazole rings is 1. The molecule has 0 aliphatic carbocycles. The van der Waals surface area contributed by atoms with Gasteiger partial charge in [0.1, 0.15) is 0 Å². The number of hydrogen-bond donors (Lipinski definition) is 3. The number of aliphatic hydroxyl groups excluding tert-OH is 1. The number of carboxylic acid groups (broad SMARTS) is 1. The van der Waals surface area contributed by atoms with Gasteiger partial charge < -0.3 is 29.6 Å². The number of aliphatic carboxylic acids is 1. The number of hydrogen-bond acceptors (Lipinski definition) is 6. The summed E-state index contributed by atoms with van der Waals surface area (Å²) in [4.78, 5) is 27.5.